The largest absolute Gasteiger partial charge is 0.485 e. The summed E-state index contributed by atoms with van der Waals surface area (Å²) in [4.78, 5) is 19.9. The third-order valence-electron chi connectivity index (χ3n) is 8.67. The first kappa shape index (κ1) is 28.1. The molecule has 2 aromatic carbocycles. The smallest absolute Gasteiger partial charge is 0.314 e. The molecule has 0 unspecified atom stereocenters. The Morgan fingerprint density at radius 2 is 2.00 bits per heavy atom. The summed E-state index contributed by atoms with van der Waals surface area (Å²) in [5.41, 5.74) is 5.31. The molecule has 1 N–H and O–H groups in total. The van der Waals surface area contributed by atoms with Crippen LogP contribution in [0, 0.1) is 24.1 Å². The molecule has 1 saturated heterocycles. The number of hydrogen-bond donors (Lipinski definition) is 1. The van der Waals surface area contributed by atoms with Gasteiger partial charge in [0, 0.05) is 25.8 Å². The zero-order chi connectivity index (χ0) is 28.4. The van der Waals surface area contributed by atoms with Crippen molar-refractivity contribution in [3.8, 4) is 17.0 Å². The summed E-state index contributed by atoms with van der Waals surface area (Å²) < 4.78 is 32.1. The second-order valence-corrected chi connectivity index (χ2v) is 11.1. The molecule has 2 aliphatic heterocycles. The van der Waals surface area contributed by atoms with Gasteiger partial charge in [0.2, 0.25) is 0 Å². The van der Waals surface area contributed by atoms with Crippen LogP contribution in [0.25, 0.3) is 11.3 Å². The summed E-state index contributed by atoms with van der Waals surface area (Å²) in [6.07, 6.45) is 0.972. The number of ether oxygens (including phenoxy) is 3. The molecule has 7 nitrogen and oxygen atoms in total. The molecule has 1 aromatic heterocycles. The lowest BCUT2D eigenvalue weighted by Crippen LogP contribution is -2.48. The number of para-hydroxylation sites is 1. The fourth-order valence-electron chi connectivity index (χ4n) is 6.21. The van der Waals surface area contributed by atoms with E-state index in [-0.39, 0.29) is 30.3 Å². The Balaban J connectivity index is 1.45. The number of aromatic nitrogens is 1. The van der Waals surface area contributed by atoms with Crippen molar-refractivity contribution in [2.75, 3.05) is 38.8 Å². The average molecular weight is 548 g/mol. The summed E-state index contributed by atoms with van der Waals surface area (Å²) in [7, 11) is 3.04. The van der Waals surface area contributed by atoms with E-state index in [0.29, 0.717) is 30.2 Å². The van der Waals surface area contributed by atoms with Crippen LogP contribution in [0.2, 0.25) is 0 Å². The zero-order valence-electron chi connectivity index (χ0n) is 23.9. The van der Waals surface area contributed by atoms with Crippen molar-refractivity contribution in [1.82, 2.24) is 10.3 Å². The van der Waals surface area contributed by atoms with Crippen molar-refractivity contribution in [1.29, 1.82) is 0 Å². The third-order valence-corrected chi connectivity index (χ3v) is 8.67. The lowest BCUT2D eigenvalue weighted by molar-refractivity contribution is -0.155. The summed E-state index contributed by atoms with van der Waals surface area (Å²) >= 11 is 0. The Morgan fingerprint density at radius 3 is 2.77 bits per heavy atom. The molecule has 8 heteroatoms. The first-order chi connectivity index (χ1) is 19.3. The maximum atomic E-state index is 15.2. The van der Waals surface area contributed by atoms with Crippen molar-refractivity contribution in [3.63, 3.8) is 0 Å². The van der Waals surface area contributed by atoms with Gasteiger partial charge >= 0.3 is 5.97 Å². The number of nitrogens with one attached hydrogen (secondary N) is 1. The van der Waals surface area contributed by atoms with Crippen molar-refractivity contribution >= 4 is 11.8 Å². The molecule has 0 amide bonds. The molecule has 212 valence electrons. The van der Waals surface area contributed by atoms with Crippen molar-refractivity contribution in [2.45, 2.75) is 46.4 Å². The lowest BCUT2D eigenvalue weighted by atomic mass is 9.76. The van der Waals surface area contributed by atoms with Crippen LogP contribution in [0.15, 0.2) is 48.5 Å². The molecule has 3 aromatic rings. The summed E-state index contributed by atoms with van der Waals surface area (Å²) in [6.45, 7) is 9.11. The molecule has 2 aliphatic rings. The van der Waals surface area contributed by atoms with E-state index in [0.717, 1.165) is 25.1 Å². The molecule has 3 heterocycles. The predicted molar refractivity (Wildman–Crippen MR) is 153 cm³/mol. The van der Waals surface area contributed by atoms with E-state index in [1.165, 1.54) is 29.9 Å². The average Bonchev–Trinajstić information content (AvgIpc) is 3.22. The van der Waals surface area contributed by atoms with Crippen molar-refractivity contribution in [3.05, 3.63) is 76.6 Å². The van der Waals surface area contributed by atoms with Crippen LogP contribution in [0.4, 0.5) is 10.2 Å². The molecule has 0 saturated carbocycles. The predicted octanol–water partition coefficient (Wildman–Crippen LogP) is 5.07. The van der Waals surface area contributed by atoms with Crippen molar-refractivity contribution in [2.24, 2.45) is 11.3 Å². The molecule has 0 bridgehead atoms. The Bertz CT molecular complexity index is 1400. The highest BCUT2D eigenvalue weighted by atomic mass is 19.1. The summed E-state index contributed by atoms with van der Waals surface area (Å²) in [6, 6.07) is 14.6. The standard InChI is InChI=1S/C32H38FN3O4/c1-20-14-22(15-23-12-13-34-16-25(20)23)18-40-30-24(8-6-9-26(30)33)27-10-7-11-29(35-27)36-17-21(2)32(3,31(37)39-5)28(36)19-38-4/h6-11,14-15,21,28,34H,12-13,16-19H2,1-5H3/t21-,28+,32+/m0/s1. The highest BCUT2D eigenvalue weighted by Crippen LogP contribution is 2.44. The van der Waals surface area contributed by atoms with Gasteiger partial charge in [-0.1, -0.05) is 31.2 Å². The number of benzene rings is 2. The van der Waals surface area contributed by atoms with E-state index in [1.54, 1.807) is 13.2 Å². The molecular weight excluding hydrogens is 509 g/mol. The quantitative estimate of drug-likeness (QED) is 0.395. The Kier molecular flexibility index (Phi) is 8.10. The van der Waals surface area contributed by atoms with Crippen LogP contribution in [-0.4, -0.2) is 50.9 Å². The molecule has 5 rings (SSSR count). The minimum Gasteiger partial charge on any atom is -0.485 e. The molecule has 40 heavy (non-hydrogen) atoms. The maximum absolute atomic E-state index is 15.2. The zero-order valence-corrected chi connectivity index (χ0v) is 23.9. The number of methoxy groups -OCH3 is 2. The van der Waals surface area contributed by atoms with E-state index >= 15 is 4.39 Å². The maximum Gasteiger partial charge on any atom is 0.314 e. The second-order valence-electron chi connectivity index (χ2n) is 11.1. The van der Waals surface area contributed by atoms with Gasteiger partial charge in [0.05, 0.1) is 30.9 Å². The molecular formula is C32H38FN3O4. The van der Waals surface area contributed by atoms with Crippen LogP contribution in [0.5, 0.6) is 5.75 Å². The van der Waals surface area contributed by atoms with Gasteiger partial charge in [0.15, 0.2) is 11.6 Å². The van der Waals surface area contributed by atoms with E-state index in [9.17, 15) is 4.79 Å². The number of carbonyl (C=O) groups is 1. The van der Waals surface area contributed by atoms with E-state index in [4.69, 9.17) is 19.2 Å². The van der Waals surface area contributed by atoms with Gasteiger partial charge in [-0.15, -0.1) is 0 Å². The number of pyridine rings is 1. The first-order valence-corrected chi connectivity index (χ1v) is 13.8. The Morgan fingerprint density at radius 1 is 1.20 bits per heavy atom. The van der Waals surface area contributed by atoms with Gasteiger partial charge in [-0.25, -0.2) is 9.37 Å². The lowest BCUT2D eigenvalue weighted by Gasteiger charge is -2.34. The number of anilines is 1. The number of esters is 1. The molecule has 0 aliphatic carbocycles. The number of rotatable bonds is 8. The van der Waals surface area contributed by atoms with Gasteiger partial charge in [0.25, 0.3) is 0 Å². The first-order valence-electron chi connectivity index (χ1n) is 13.8. The minimum atomic E-state index is -0.765. The van der Waals surface area contributed by atoms with Crippen LogP contribution in [0.1, 0.15) is 36.1 Å². The van der Waals surface area contributed by atoms with Crippen molar-refractivity contribution < 1.29 is 23.4 Å². The summed E-state index contributed by atoms with van der Waals surface area (Å²) in [5, 5.41) is 3.42. The topological polar surface area (TPSA) is 72.9 Å². The van der Waals surface area contributed by atoms with E-state index in [1.807, 2.05) is 38.1 Å². The Hall–Kier alpha value is -3.49. The molecule has 3 atom stereocenters. The third kappa shape index (κ3) is 5.06. The van der Waals surface area contributed by atoms with Gasteiger partial charge in [0.1, 0.15) is 12.4 Å². The number of fused-ring (bicyclic) bond motifs is 1. The minimum absolute atomic E-state index is 0.00877. The highest BCUT2D eigenvalue weighted by molar-refractivity contribution is 5.80. The normalized spacial score (nSPS) is 22.2. The van der Waals surface area contributed by atoms with Crippen LogP contribution < -0.4 is 15.0 Å². The number of hydrogen-bond acceptors (Lipinski definition) is 7. The van der Waals surface area contributed by atoms with E-state index in [2.05, 4.69) is 29.3 Å². The SMILES string of the molecule is COC[C@H]1N(c2cccc(-c3cccc(F)c3OCc3cc(C)c4c(c3)CCNC4)n2)C[C@H](C)[C@@]1(C)C(=O)OC. The van der Waals surface area contributed by atoms with Crippen LogP contribution in [0.3, 0.4) is 0 Å². The number of halogens is 1. The van der Waals surface area contributed by atoms with E-state index < -0.39 is 11.2 Å². The molecule has 1 fully saturated rings. The molecule has 0 radical (unpaired) electrons. The fourth-order valence-corrected chi connectivity index (χ4v) is 6.21. The van der Waals surface area contributed by atoms with Crippen LogP contribution >= 0.6 is 0 Å². The fraction of sp³-hybridized carbons (Fsp3) is 0.438. The summed E-state index contributed by atoms with van der Waals surface area (Å²) in [5.74, 6) is 0.165. The monoisotopic (exact) mass is 547 g/mol. The van der Waals surface area contributed by atoms with Gasteiger partial charge in [-0.2, -0.15) is 0 Å². The second kappa shape index (κ2) is 11.6. The number of carbonyl (C=O) groups excluding carboxylic acids is 1. The van der Waals surface area contributed by atoms with Gasteiger partial charge in [-0.05, 0) is 79.3 Å². The number of nitrogens with zero attached hydrogens (tertiary/aromatic N) is 2. The Labute approximate surface area is 235 Å². The van der Waals surface area contributed by atoms with Crippen LogP contribution in [-0.2, 0) is 33.8 Å². The van der Waals surface area contributed by atoms with Gasteiger partial charge in [-0.3, -0.25) is 4.79 Å². The highest BCUT2D eigenvalue weighted by Gasteiger charge is 2.55. The molecule has 0 spiro atoms. The number of aryl methyl sites for hydroxylation is 1. The van der Waals surface area contributed by atoms with Gasteiger partial charge < -0.3 is 24.4 Å².